The Bertz CT molecular complexity index is 745. The average molecular weight is 355 g/mol. The summed E-state index contributed by atoms with van der Waals surface area (Å²) < 4.78 is 10.5. The van der Waals surface area contributed by atoms with Crippen LogP contribution in [0.2, 0.25) is 0 Å². The molecular weight excluding hydrogens is 328 g/mol. The summed E-state index contributed by atoms with van der Waals surface area (Å²) in [6, 6.07) is 13.9. The Morgan fingerprint density at radius 2 is 1.65 bits per heavy atom. The van der Waals surface area contributed by atoms with Crippen molar-refractivity contribution in [3.05, 3.63) is 59.2 Å². The van der Waals surface area contributed by atoms with Gasteiger partial charge in [-0.05, 0) is 24.6 Å². The Morgan fingerprint density at radius 1 is 1.04 bits per heavy atom. The quantitative estimate of drug-likeness (QED) is 0.885. The van der Waals surface area contributed by atoms with E-state index >= 15 is 0 Å². The van der Waals surface area contributed by atoms with Crippen LogP contribution in [0.5, 0.6) is 11.5 Å². The van der Waals surface area contributed by atoms with Gasteiger partial charge in [-0.3, -0.25) is 4.79 Å². The lowest BCUT2D eigenvalue weighted by Crippen LogP contribution is -3.13. The van der Waals surface area contributed by atoms with Crippen LogP contribution in [0.1, 0.15) is 21.5 Å². The number of carbonyl (C=O) groups excluding carboxylic acids is 1. The lowest BCUT2D eigenvalue weighted by molar-refractivity contribution is -0.917. The highest BCUT2D eigenvalue weighted by Gasteiger charge is 2.25. The molecule has 0 aliphatic carbocycles. The van der Waals surface area contributed by atoms with E-state index in [0.29, 0.717) is 17.1 Å². The number of nitrogens with one attached hydrogen (secondary N) is 1. The number of methoxy groups -OCH3 is 2. The van der Waals surface area contributed by atoms with Crippen molar-refractivity contribution in [2.45, 2.75) is 13.5 Å². The molecule has 0 bridgehead atoms. The number of carbonyl (C=O) groups is 1. The van der Waals surface area contributed by atoms with Crippen LogP contribution in [-0.2, 0) is 6.54 Å². The predicted octanol–water partition coefficient (Wildman–Crippen LogP) is 1.55. The monoisotopic (exact) mass is 355 g/mol. The van der Waals surface area contributed by atoms with E-state index in [1.807, 2.05) is 4.90 Å². The SMILES string of the molecule is COc1cc(OC)cc(C(=O)N2CC[NH+](Cc3ccccc3C)CC2)c1. The maximum absolute atomic E-state index is 12.9. The number of rotatable bonds is 5. The van der Waals surface area contributed by atoms with Crippen molar-refractivity contribution in [2.75, 3.05) is 40.4 Å². The van der Waals surface area contributed by atoms with Crippen LogP contribution in [0.25, 0.3) is 0 Å². The number of amides is 1. The molecule has 1 heterocycles. The van der Waals surface area contributed by atoms with Crippen molar-refractivity contribution in [2.24, 2.45) is 0 Å². The molecule has 0 atom stereocenters. The molecule has 1 saturated heterocycles. The van der Waals surface area contributed by atoms with Gasteiger partial charge in [0.15, 0.2) is 0 Å². The number of benzene rings is 2. The largest absolute Gasteiger partial charge is 0.497 e. The Labute approximate surface area is 155 Å². The zero-order valence-electron chi connectivity index (χ0n) is 15.7. The summed E-state index contributed by atoms with van der Waals surface area (Å²) in [5, 5.41) is 0. The van der Waals surface area contributed by atoms with E-state index < -0.39 is 0 Å². The first-order valence-electron chi connectivity index (χ1n) is 9.01. The van der Waals surface area contributed by atoms with Crippen molar-refractivity contribution in [3.8, 4) is 11.5 Å². The van der Waals surface area contributed by atoms with Gasteiger partial charge in [-0.2, -0.15) is 0 Å². The molecule has 1 amide bonds. The lowest BCUT2D eigenvalue weighted by Gasteiger charge is -2.32. The number of ether oxygens (including phenoxy) is 2. The Hall–Kier alpha value is -2.53. The van der Waals surface area contributed by atoms with Crippen LogP contribution >= 0.6 is 0 Å². The van der Waals surface area contributed by atoms with Crippen LogP contribution in [0.4, 0.5) is 0 Å². The molecule has 1 aliphatic heterocycles. The molecule has 1 N–H and O–H groups in total. The van der Waals surface area contributed by atoms with Gasteiger partial charge >= 0.3 is 0 Å². The van der Waals surface area contributed by atoms with Crippen molar-refractivity contribution in [1.29, 1.82) is 0 Å². The molecule has 26 heavy (non-hydrogen) atoms. The normalized spacial score (nSPS) is 15.0. The van der Waals surface area contributed by atoms with Crippen LogP contribution in [0, 0.1) is 6.92 Å². The van der Waals surface area contributed by atoms with E-state index in [2.05, 4.69) is 31.2 Å². The highest BCUT2D eigenvalue weighted by Crippen LogP contribution is 2.23. The van der Waals surface area contributed by atoms with Crippen LogP contribution in [-0.4, -0.2) is 51.2 Å². The minimum atomic E-state index is 0.0390. The molecule has 2 aromatic rings. The van der Waals surface area contributed by atoms with Gasteiger partial charge in [0, 0.05) is 17.2 Å². The third kappa shape index (κ3) is 4.17. The lowest BCUT2D eigenvalue weighted by atomic mass is 10.1. The molecule has 138 valence electrons. The molecule has 5 heteroatoms. The maximum Gasteiger partial charge on any atom is 0.254 e. The van der Waals surface area contributed by atoms with Gasteiger partial charge in [0.05, 0.1) is 40.4 Å². The van der Waals surface area contributed by atoms with Crippen LogP contribution < -0.4 is 14.4 Å². The van der Waals surface area contributed by atoms with Gasteiger partial charge in [0.1, 0.15) is 18.0 Å². The second kappa shape index (κ2) is 8.23. The Morgan fingerprint density at radius 3 is 2.23 bits per heavy atom. The topological polar surface area (TPSA) is 43.2 Å². The minimum Gasteiger partial charge on any atom is -0.497 e. The summed E-state index contributed by atoms with van der Waals surface area (Å²) in [5.74, 6) is 1.31. The van der Waals surface area contributed by atoms with Crippen molar-refractivity contribution < 1.29 is 19.2 Å². The van der Waals surface area contributed by atoms with Gasteiger partial charge in [-0.15, -0.1) is 0 Å². The fraction of sp³-hybridized carbons (Fsp3) is 0.381. The third-order valence-electron chi connectivity index (χ3n) is 5.06. The van der Waals surface area contributed by atoms with Gasteiger partial charge < -0.3 is 19.3 Å². The fourth-order valence-corrected chi connectivity index (χ4v) is 3.39. The molecule has 2 aromatic carbocycles. The van der Waals surface area contributed by atoms with Gasteiger partial charge in [-0.25, -0.2) is 0 Å². The van der Waals surface area contributed by atoms with E-state index in [-0.39, 0.29) is 5.91 Å². The first-order chi connectivity index (χ1) is 12.6. The van der Waals surface area contributed by atoms with Crippen LogP contribution in [0.15, 0.2) is 42.5 Å². The third-order valence-corrected chi connectivity index (χ3v) is 5.06. The smallest absolute Gasteiger partial charge is 0.254 e. The summed E-state index contributed by atoms with van der Waals surface area (Å²) in [5.41, 5.74) is 3.34. The highest BCUT2D eigenvalue weighted by atomic mass is 16.5. The summed E-state index contributed by atoms with van der Waals surface area (Å²) >= 11 is 0. The molecule has 0 saturated carbocycles. The first-order valence-corrected chi connectivity index (χ1v) is 9.01. The average Bonchev–Trinajstić information content (AvgIpc) is 2.69. The number of piperazine rings is 1. The second-order valence-electron chi connectivity index (χ2n) is 6.75. The second-order valence-corrected chi connectivity index (χ2v) is 6.75. The Balaban J connectivity index is 1.63. The molecule has 0 radical (unpaired) electrons. The highest BCUT2D eigenvalue weighted by molar-refractivity contribution is 5.95. The summed E-state index contributed by atoms with van der Waals surface area (Å²) in [4.78, 5) is 16.3. The van der Waals surface area contributed by atoms with E-state index in [4.69, 9.17) is 9.47 Å². The molecule has 0 unspecified atom stereocenters. The minimum absolute atomic E-state index is 0.0390. The van der Waals surface area contributed by atoms with Gasteiger partial charge in [0.2, 0.25) is 0 Å². The van der Waals surface area contributed by atoms with Gasteiger partial charge in [-0.1, -0.05) is 24.3 Å². The number of aryl methyl sites for hydroxylation is 1. The zero-order chi connectivity index (χ0) is 18.5. The van der Waals surface area contributed by atoms with Crippen LogP contribution in [0.3, 0.4) is 0 Å². The van der Waals surface area contributed by atoms with E-state index in [1.54, 1.807) is 32.4 Å². The zero-order valence-corrected chi connectivity index (χ0v) is 15.7. The number of quaternary nitrogens is 1. The van der Waals surface area contributed by atoms with E-state index in [1.165, 1.54) is 16.0 Å². The standard InChI is InChI=1S/C21H26N2O3/c1-16-6-4-5-7-17(16)15-22-8-10-23(11-9-22)21(24)18-12-19(25-2)14-20(13-18)26-3/h4-7,12-14H,8-11,15H2,1-3H3/p+1. The van der Waals surface area contributed by atoms with Crippen molar-refractivity contribution >= 4 is 5.91 Å². The summed E-state index contributed by atoms with van der Waals surface area (Å²) in [6.07, 6.45) is 0. The first kappa shape index (κ1) is 18.3. The summed E-state index contributed by atoms with van der Waals surface area (Å²) in [7, 11) is 3.19. The fourth-order valence-electron chi connectivity index (χ4n) is 3.39. The van der Waals surface area contributed by atoms with E-state index in [9.17, 15) is 4.79 Å². The predicted molar refractivity (Wildman–Crippen MR) is 101 cm³/mol. The molecule has 0 spiro atoms. The maximum atomic E-state index is 12.9. The molecule has 0 aromatic heterocycles. The molecule has 1 aliphatic rings. The van der Waals surface area contributed by atoms with Crippen molar-refractivity contribution in [3.63, 3.8) is 0 Å². The van der Waals surface area contributed by atoms with Gasteiger partial charge in [0.25, 0.3) is 5.91 Å². The number of nitrogens with zero attached hydrogens (tertiary/aromatic N) is 1. The number of hydrogen-bond donors (Lipinski definition) is 1. The molecule has 5 nitrogen and oxygen atoms in total. The summed E-state index contributed by atoms with van der Waals surface area (Å²) in [6.45, 7) is 6.62. The number of hydrogen-bond acceptors (Lipinski definition) is 3. The molecule has 1 fully saturated rings. The van der Waals surface area contributed by atoms with Crippen molar-refractivity contribution in [1.82, 2.24) is 4.90 Å². The van der Waals surface area contributed by atoms with E-state index in [0.717, 1.165) is 32.7 Å². The molecular formula is C21H27N2O3+. The molecule has 3 rings (SSSR count). The Kier molecular flexibility index (Phi) is 5.78.